The fraction of sp³-hybridized carbons (Fsp3) is 0.292. The number of benzene rings is 12. The molecule has 0 spiro atoms. The standard InChI is InChI=1S/2C15H11.4C12H13.2C11H11.2C10H9.4C2H6Si.C2H4.10ClH.5Hf/c2*1-2-6-12(7-3-1)15-10-13-8-4-5-9-14(13)11-15;2*1-8-4-10(3)12-7-9(2)6-11(12)5-8;2*1-8-6-11-9(2)4-5-10(3)12(11)7-8;2*1-2-9-7-10-5-3-4-6-11(10)8-9;2*1-8-6-9-4-2-3-5-10(9)7-8;4*1-3-2;1-2;;;;;;;;;;;;;;;/h2*1-11H;4*4-7H,1-3H3;2*3-8H,2H2,1H3;2*2-7H,1H3;4*1-2H3;1-2H2;10*1H;;;;;/q;;;;;;;;;;;;;;;;;;;;;;;;;5*-2/p-10. The van der Waals surface area contributed by atoms with E-state index in [0.29, 0.717) is 7.35 Å². The van der Waals surface area contributed by atoms with Crippen LogP contribution < -0.4 is 124 Å². The van der Waals surface area contributed by atoms with Crippen LogP contribution >= 0.6 is 0 Å². The van der Waals surface area contributed by atoms with Crippen LogP contribution in [-0.4, -0.2) is 22.0 Å². The van der Waals surface area contributed by atoms with Crippen molar-refractivity contribution in [3.8, 4) is 0 Å². The first kappa shape index (κ1) is 129. The minimum Gasteiger partial charge on any atom is -1.00 e. The summed E-state index contributed by atoms with van der Waals surface area (Å²) in [5, 5.41) is 0. The molecule has 10 atom stereocenters. The summed E-state index contributed by atoms with van der Waals surface area (Å²) in [7, 11) is 0. The second-order valence-electron chi connectivity index (χ2n) is 43.3. The van der Waals surface area contributed by atoms with Gasteiger partial charge in [0.2, 0.25) is 0 Å². The van der Waals surface area contributed by atoms with Gasteiger partial charge in [-0.1, -0.05) is 0 Å². The average molecular weight is 3060 g/mol. The molecule has 10 aliphatic carbocycles. The average Bonchev–Trinajstić information content (AvgIpc) is 1.52. The normalized spacial score (nSPS) is 19.7. The number of fused-ring (bicyclic) bond motifs is 10. The predicted molar refractivity (Wildman–Crippen MR) is 596 cm³/mol. The molecule has 12 aromatic rings. The van der Waals surface area contributed by atoms with E-state index in [4.69, 9.17) is 0 Å². The third-order valence-corrected chi connectivity index (χ3v) is 164. The van der Waals surface area contributed by atoms with Gasteiger partial charge in [-0.25, -0.2) is 0 Å². The Morgan fingerprint density at radius 1 is 0.228 bits per heavy atom. The maximum absolute atomic E-state index is 2.88. The van der Waals surface area contributed by atoms with Crippen LogP contribution in [0.25, 0.3) is 71.9 Å². The van der Waals surface area contributed by atoms with Crippen LogP contribution in [0.4, 0.5) is 0 Å². The first-order valence-electron chi connectivity index (χ1n) is 51.7. The molecule has 0 N–H and O–H groups in total. The topological polar surface area (TPSA) is 0 Å². The summed E-state index contributed by atoms with van der Waals surface area (Å²) >= 11 is -11.0. The quantitative estimate of drug-likeness (QED) is 0.109. The maximum atomic E-state index is 2.62. The van der Waals surface area contributed by atoms with Crippen LogP contribution in [0.2, 0.25) is 60.7 Å². The number of hydrogen-bond acceptors (Lipinski definition) is 0. The molecule has 0 aromatic heterocycles. The fourth-order valence-corrected chi connectivity index (χ4v) is 173. The Morgan fingerprint density at radius 2 is 0.470 bits per heavy atom. The zero-order chi connectivity index (χ0) is 97.6. The molecule has 0 radical (unpaired) electrons. The first-order chi connectivity index (χ1) is 67.0. The van der Waals surface area contributed by atoms with Gasteiger partial charge in [0.15, 0.2) is 0 Å². The fourth-order valence-electron chi connectivity index (χ4n) is 27.0. The molecule has 1 heterocycles. The molecular formula is C130H142Cl10Hf5Si4-20. The van der Waals surface area contributed by atoms with E-state index in [1.54, 1.807) is 134 Å². The van der Waals surface area contributed by atoms with Crippen molar-refractivity contribution in [2.75, 3.05) is 0 Å². The Balaban J connectivity index is 0.000000204. The van der Waals surface area contributed by atoms with Gasteiger partial charge in [-0.05, 0) is 0 Å². The third kappa shape index (κ3) is 25.0. The van der Waals surface area contributed by atoms with Gasteiger partial charge in [0, 0.05) is 0 Å². The van der Waals surface area contributed by atoms with Gasteiger partial charge in [0.1, 0.15) is 0 Å². The molecule has 19 heteroatoms. The summed E-state index contributed by atoms with van der Waals surface area (Å²) in [5.41, 5.74) is 61.6. The Labute approximate surface area is 992 Å². The zero-order valence-corrected chi connectivity index (χ0v) is 120. The van der Waals surface area contributed by atoms with Crippen molar-refractivity contribution in [1.29, 1.82) is 0 Å². The molecular weight excluding hydrogens is 2920 g/mol. The van der Waals surface area contributed by atoms with Gasteiger partial charge in [-0.15, -0.1) is 0 Å². The number of rotatable bonds is 14. The van der Waals surface area contributed by atoms with Crippen molar-refractivity contribution in [1.82, 2.24) is 0 Å². The molecule has 0 bridgehead atoms. The zero-order valence-electron chi connectivity index (χ0n) is 90.9. The molecule has 788 valence electrons. The summed E-state index contributed by atoms with van der Waals surface area (Å²) in [5.74, 6) is 0. The van der Waals surface area contributed by atoms with Gasteiger partial charge < -0.3 is 124 Å². The van der Waals surface area contributed by atoms with Crippen LogP contribution in [0, 0.1) is 55.4 Å². The molecule has 1 aliphatic heterocycles. The van der Waals surface area contributed by atoms with Crippen molar-refractivity contribution in [2.24, 2.45) is 0 Å². The number of allylic oxidation sites excluding steroid dienone is 10. The van der Waals surface area contributed by atoms with Crippen LogP contribution in [0.1, 0.15) is 272 Å². The molecule has 23 rings (SSSR count). The van der Waals surface area contributed by atoms with Crippen LogP contribution in [0.3, 0.4) is 0 Å². The molecule has 11 aliphatic rings. The molecule has 0 nitrogen and oxygen atoms in total. The second-order valence-corrected chi connectivity index (χ2v) is 160. The van der Waals surface area contributed by atoms with Crippen molar-refractivity contribution >= 4 is 93.9 Å². The number of aryl methyl sites for hydroxylation is 8. The van der Waals surface area contributed by atoms with E-state index in [1.807, 2.05) is 0 Å². The third-order valence-electron chi connectivity index (χ3n) is 33.1. The largest absolute Gasteiger partial charge is 1.00 e. The van der Waals surface area contributed by atoms with Gasteiger partial charge in [0.05, 0.1) is 0 Å². The van der Waals surface area contributed by atoms with Crippen LogP contribution in [0.5, 0.6) is 0 Å². The molecule has 0 amide bonds. The van der Waals surface area contributed by atoms with Crippen LogP contribution in [-0.2, 0) is 100 Å². The maximum Gasteiger partial charge on any atom is -1.00 e. The number of halogens is 10. The van der Waals surface area contributed by atoms with E-state index < -0.39 is 100 Å². The first-order valence-corrected chi connectivity index (χ1v) is 109. The van der Waals surface area contributed by atoms with Gasteiger partial charge in [0.25, 0.3) is 0 Å². The molecule has 149 heavy (non-hydrogen) atoms. The van der Waals surface area contributed by atoms with Crippen molar-refractivity contribution < 1.29 is 224 Å². The van der Waals surface area contributed by atoms with Crippen LogP contribution in [0.15, 0.2) is 299 Å². The van der Waals surface area contributed by atoms with Crippen molar-refractivity contribution in [3.05, 3.63) is 466 Å². The predicted octanol–water partition coefficient (Wildman–Crippen LogP) is 6.56. The van der Waals surface area contributed by atoms with Crippen molar-refractivity contribution in [3.63, 3.8) is 0 Å². The van der Waals surface area contributed by atoms with Gasteiger partial charge in [-0.2, -0.15) is 0 Å². The minimum atomic E-state index is -2.88. The summed E-state index contributed by atoms with van der Waals surface area (Å²) in [6.07, 6.45) is 27.6. The van der Waals surface area contributed by atoms with Gasteiger partial charge in [-0.3, -0.25) is 0 Å². The van der Waals surface area contributed by atoms with E-state index >= 15 is 0 Å². The Hall–Kier alpha value is -3.84. The Kier molecular flexibility index (Phi) is 47.3. The van der Waals surface area contributed by atoms with E-state index in [2.05, 4.69) is 479 Å². The smallest absolute Gasteiger partial charge is 1.00 e. The molecule has 0 saturated carbocycles. The summed E-state index contributed by atoms with van der Waals surface area (Å²) in [4.78, 5) is 0. The Bertz CT molecular complexity index is 7140. The number of hydrogen-bond donors (Lipinski definition) is 0. The summed E-state index contributed by atoms with van der Waals surface area (Å²) < 4.78 is 10.5. The molecule has 1 saturated heterocycles. The second kappa shape index (κ2) is 54.8. The molecule has 1 fully saturated rings. The summed E-state index contributed by atoms with van der Waals surface area (Å²) in [6, 6.07) is 96.8. The molecule has 12 aromatic carbocycles. The SMILES string of the molecule is C1=C(c2ccccc2)[CH]([Hf-2]2([CH]3C(c4ccccc4)=Cc4ccccc43)[CH2][CH2]2)c2ccccc21.CC1=Cc2c(C)cc(C)cc2[CH]1[Hf-2]([CH]1C(C)=Cc2c(C)cc(C)cc21)=[Si](C)C.CC1=Cc2c(C)ccc(C)c2[CH]1[Hf-2]([CH]1C(C)=Cc2c(C)ccc(C)c21)=[Si](C)C.CC1=Cc2ccccc2[CH]1[Hf-2]([CH]1C(C)=Cc2ccccc21)=[Si](C)C.CCC1=Cc2ccccc2[CH]1[Hf-2]([CH]1C(CC)=Cc2ccccc21)=[Si](C)C.[Cl-].[Cl-].[Cl-].[Cl-].[Cl-].[Cl-].[Cl-].[Cl-].[Cl-].[Cl-]. The summed E-state index contributed by atoms with van der Waals surface area (Å²) in [6.45, 7) is 58.6. The van der Waals surface area contributed by atoms with E-state index in [0.717, 1.165) is 29.4 Å². The monoisotopic (exact) mass is 3060 g/mol. The van der Waals surface area contributed by atoms with E-state index in [1.165, 1.54) is 110 Å². The minimum absolute atomic E-state index is 0. The van der Waals surface area contributed by atoms with E-state index in [-0.39, 0.29) is 146 Å². The van der Waals surface area contributed by atoms with Gasteiger partial charge >= 0.3 is 881 Å². The van der Waals surface area contributed by atoms with Crippen molar-refractivity contribution in [2.45, 2.75) is 221 Å². The van der Waals surface area contributed by atoms with E-state index in [9.17, 15) is 0 Å². The molecule has 10 unspecified atom stereocenters. The Morgan fingerprint density at radius 3 is 0.779 bits per heavy atom.